The predicted octanol–water partition coefficient (Wildman–Crippen LogP) is 5.03. The maximum absolute atomic E-state index is 12.8. The Bertz CT molecular complexity index is 987. The molecule has 1 fully saturated rings. The van der Waals surface area contributed by atoms with Gasteiger partial charge < -0.3 is 5.32 Å². The zero-order chi connectivity index (χ0) is 20.3. The summed E-state index contributed by atoms with van der Waals surface area (Å²) in [5.74, 6) is -0.493. The molecule has 2 N–H and O–H groups in total. The van der Waals surface area contributed by atoms with E-state index in [1.807, 2.05) is 25.1 Å². The topological polar surface area (TPSA) is 75.3 Å². The van der Waals surface area contributed by atoms with Gasteiger partial charge in [0.1, 0.15) is 4.90 Å². The van der Waals surface area contributed by atoms with Gasteiger partial charge in [0, 0.05) is 11.7 Å². The maximum Gasteiger partial charge on any atom is 0.257 e. The number of benzene rings is 2. The minimum Gasteiger partial charge on any atom is -0.322 e. The molecule has 0 spiro atoms. The molecule has 0 saturated heterocycles. The SMILES string of the molecule is CCc1cccc(NC(=O)c2cc(S(=O)(=O)NC3CCCC3)c(Cl)cc2Cl)c1. The summed E-state index contributed by atoms with van der Waals surface area (Å²) in [5, 5.41) is 2.84. The zero-order valence-electron chi connectivity index (χ0n) is 15.5. The van der Waals surface area contributed by atoms with Crippen molar-refractivity contribution in [3.63, 3.8) is 0 Å². The number of amides is 1. The molecule has 0 heterocycles. The molecule has 28 heavy (non-hydrogen) atoms. The van der Waals surface area contributed by atoms with Crippen molar-refractivity contribution in [1.82, 2.24) is 4.72 Å². The Morgan fingerprint density at radius 1 is 1.11 bits per heavy atom. The third-order valence-electron chi connectivity index (χ3n) is 4.83. The number of nitrogens with one attached hydrogen (secondary N) is 2. The fourth-order valence-electron chi connectivity index (χ4n) is 3.30. The van der Waals surface area contributed by atoms with Gasteiger partial charge in [-0.1, -0.05) is 55.1 Å². The fourth-order valence-corrected chi connectivity index (χ4v) is 5.47. The maximum atomic E-state index is 12.8. The molecule has 2 aromatic carbocycles. The third-order valence-corrected chi connectivity index (χ3v) is 7.12. The molecular formula is C20H22Cl2N2O3S. The molecule has 0 aromatic heterocycles. The molecule has 1 saturated carbocycles. The summed E-state index contributed by atoms with van der Waals surface area (Å²) in [6.07, 6.45) is 4.41. The highest BCUT2D eigenvalue weighted by Gasteiger charge is 2.27. The quantitative estimate of drug-likeness (QED) is 0.660. The van der Waals surface area contributed by atoms with Gasteiger partial charge in [0.2, 0.25) is 10.0 Å². The number of sulfonamides is 1. The first-order chi connectivity index (χ1) is 13.3. The monoisotopic (exact) mass is 440 g/mol. The lowest BCUT2D eigenvalue weighted by atomic mass is 10.1. The summed E-state index contributed by atoms with van der Waals surface area (Å²) in [4.78, 5) is 12.6. The molecule has 1 aliphatic rings. The minimum absolute atomic E-state index is 0.0139. The van der Waals surface area contributed by atoms with Crippen molar-refractivity contribution in [2.24, 2.45) is 0 Å². The molecular weight excluding hydrogens is 419 g/mol. The van der Waals surface area contributed by atoms with E-state index in [1.165, 1.54) is 12.1 Å². The summed E-state index contributed by atoms with van der Waals surface area (Å²) in [6, 6.07) is 9.86. The Kier molecular flexibility index (Phi) is 6.65. The van der Waals surface area contributed by atoms with Crippen LogP contribution in [0.5, 0.6) is 0 Å². The van der Waals surface area contributed by atoms with Crippen molar-refractivity contribution in [3.8, 4) is 0 Å². The molecule has 0 radical (unpaired) electrons. The number of hydrogen-bond donors (Lipinski definition) is 2. The van der Waals surface area contributed by atoms with Crippen molar-refractivity contribution in [2.45, 2.75) is 50.0 Å². The Labute approximate surface area is 175 Å². The first-order valence-electron chi connectivity index (χ1n) is 9.22. The van der Waals surface area contributed by atoms with Crippen LogP contribution >= 0.6 is 23.2 Å². The van der Waals surface area contributed by atoms with E-state index >= 15 is 0 Å². The van der Waals surface area contributed by atoms with Gasteiger partial charge in [-0.3, -0.25) is 4.79 Å². The fraction of sp³-hybridized carbons (Fsp3) is 0.350. The van der Waals surface area contributed by atoms with Crippen LogP contribution in [0.1, 0.15) is 48.5 Å². The average molecular weight is 441 g/mol. The molecule has 3 rings (SSSR count). The van der Waals surface area contributed by atoms with Gasteiger partial charge in [-0.15, -0.1) is 0 Å². The van der Waals surface area contributed by atoms with E-state index in [1.54, 1.807) is 6.07 Å². The van der Waals surface area contributed by atoms with Crippen LogP contribution < -0.4 is 10.0 Å². The second-order valence-corrected chi connectivity index (χ2v) is 9.37. The molecule has 5 nitrogen and oxygen atoms in total. The van der Waals surface area contributed by atoms with Crippen molar-refractivity contribution < 1.29 is 13.2 Å². The summed E-state index contributed by atoms with van der Waals surface area (Å²) >= 11 is 12.3. The van der Waals surface area contributed by atoms with E-state index in [2.05, 4.69) is 10.0 Å². The van der Waals surface area contributed by atoms with Gasteiger partial charge in [-0.05, 0) is 49.1 Å². The Hall–Kier alpha value is -1.60. The first kappa shape index (κ1) is 21.1. The van der Waals surface area contributed by atoms with Crippen LogP contribution in [0.4, 0.5) is 5.69 Å². The van der Waals surface area contributed by atoms with E-state index in [0.29, 0.717) is 5.69 Å². The molecule has 8 heteroatoms. The van der Waals surface area contributed by atoms with Crippen molar-refractivity contribution in [1.29, 1.82) is 0 Å². The molecule has 1 aliphatic carbocycles. The van der Waals surface area contributed by atoms with Gasteiger partial charge in [-0.2, -0.15) is 0 Å². The minimum atomic E-state index is -3.85. The van der Waals surface area contributed by atoms with Crippen LogP contribution in [0.25, 0.3) is 0 Å². The van der Waals surface area contributed by atoms with Crippen LogP contribution in [-0.4, -0.2) is 20.4 Å². The highest BCUT2D eigenvalue weighted by molar-refractivity contribution is 7.89. The molecule has 0 atom stereocenters. The Morgan fingerprint density at radius 2 is 1.82 bits per heavy atom. The van der Waals surface area contributed by atoms with Crippen LogP contribution in [-0.2, 0) is 16.4 Å². The van der Waals surface area contributed by atoms with Crippen LogP contribution in [0.2, 0.25) is 10.0 Å². The lowest BCUT2D eigenvalue weighted by molar-refractivity contribution is 0.102. The molecule has 0 aliphatic heterocycles. The first-order valence-corrected chi connectivity index (χ1v) is 11.5. The summed E-state index contributed by atoms with van der Waals surface area (Å²) < 4.78 is 28.2. The van der Waals surface area contributed by atoms with E-state index in [9.17, 15) is 13.2 Å². The second-order valence-electron chi connectivity index (χ2n) is 6.87. The Balaban J connectivity index is 1.88. The largest absolute Gasteiger partial charge is 0.322 e. The molecule has 0 bridgehead atoms. The second kappa shape index (κ2) is 8.82. The van der Waals surface area contributed by atoms with Crippen LogP contribution in [0, 0.1) is 0 Å². The summed E-state index contributed by atoms with van der Waals surface area (Å²) in [6.45, 7) is 2.02. The highest BCUT2D eigenvalue weighted by Crippen LogP contribution is 2.30. The third kappa shape index (κ3) is 4.87. The lowest BCUT2D eigenvalue weighted by Gasteiger charge is -2.15. The predicted molar refractivity (Wildman–Crippen MR) is 113 cm³/mol. The Morgan fingerprint density at radius 3 is 2.50 bits per heavy atom. The van der Waals surface area contributed by atoms with E-state index in [-0.39, 0.29) is 26.5 Å². The molecule has 150 valence electrons. The van der Waals surface area contributed by atoms with Gasteiger partial charge in [0.05, 0.1) is 15.6 Å². The molecule has 1 amide bonds. The van der Waals surface area contributed by atoms with E-state index in [4.69, 9.17) is 23.2 Å². The number of rotatable bonds is 6. The van der Waals surface area contributed by atoms with Crippen molar-refractivity contribution >= 4 is 44.8 Å². The normalized spacial score (nSPS) is 15.0. The highest BCUT2D eigenvalue weighted by atomic mass is 35.5. The van der Waals surface area contributed by atoms with Crippen LogP contribution in [0.3, 0.4) is 0 Å². The number of carbonyl (C=O) groups excluding carboxylic acids is 1. The molecule has 0 unspecified atom stereocenters. The number of hydrogen-bond acceptors (Lipinski definition) is 3. The van der Waals surface area contributed by atoms with Crippen molar-refractivity contribution in [2.75, 3.05) is 5.32 Å². The molecule has 2 aromatic rings. The summed E-state index contributed by atoms with van der Waals surface area (Å²) in [5.41, 5.74) is 1.74. The van der Waals surface area contributed by atoms with Gasteiger partial charge in [-0.25, -0.2) is 13.1 Å². The van der Waals surface area contributed by atoms with Gasteiger partial charge in [0.25, 0.3) is 5.91 Å². The van der Waals surface area contributed by atoms with Crippen LogP contribution in [0.15, 0.2) is 41.3 Å². The number of aryl methyl sites for hydroxylation is 1. The van der Waals surface area contributed by atoms with E-state index < -0.39 is 15.9 Å². The average Bonchev–Trinajstić information content (AvgIpc) is 3.13. The van der Waals surface area contributed by atoms with E-state index in [0.717, 1.165) is 37.7 Å². The lowest BCUT2D eigenvalue weighted by Crippen LogP contribution is -2.33. The summed E-state index contributed by atoms with van der Waals surface area (Å²) in [7, 11) is -3.85. The zero-order valence-corrected chi connectivity index (χ0v) is 17.8. The van der Waals surface area contributed by atoms with Crippen molar-refractivity contribution in [3.05, 3.63) is 57.6 Å². The van der Waals surface area contributed by atoms with Gasteiger partial charge in [0.15, 0.2) is 0 Å². The smallest absolute Gasteiger partial charge is 0.257 e. The van der Waals surface area contributed by atoms with Gasteiger partial charge >= 0.3 is 0 Å². The number of anilines is 1. The standard InChI is InChI=1S/C20H22Cl2N2O3S/c1-2-13-6-5-9-15(10-13)23-20(25)16-11-19(18(22)12-17(16)21)28(26,27)24-14-7-3-4-8-14/h5-6,9-12,14,24H,2-4,7-8H2,1H3,(H,23,25). The number of carbonyl (C=O) groups is 1. The number of halogens is 2.